The first-order valence-corrected chi connectivity index (χ1v) is 8.91. The maximum absolute atomic E-state index is 13.3. The zero-order valence-corrected chi connectivity index (χ0v) is 13.4. The van der Waals surface area contributed by atoms with Crippen molar-refractivity contribution in [1.82, 2.24) is 4.31 Å². The van der Waals surface area contributed by atoms with Gasteiger partial charge in [0.1, 0.15) is 5.82 Å². The van der Waals surface area contributed by atoms with E-state index in [4.69, 9.17) is 9.47 Å². The lowest BCUT2D eigenvalue weighted by atomic mass is 10.0. The lowest BCUT2D eigenvalue weighted by molar-refractivity contribution is -0.280. The van der Waals surface area contributed by atoms with Gasteiger partial charge < -0.3 is 9.47 Å². The van der Waals surface area contributed by atoms with Crippen LogP contribution in [-0.4, -0.2) is 44.8 Å². The van der Waals surface area contributed by atoms with E-state index in [2.05, 4.69) is 0 Å². The fourth-order valence-corrected chi connectivity index (χ4v) is 4.43. The predicted octanol–water partition coefficient (Wildman–Crippen LogP) is 2.05. The molecule has 0 aliphatic carbocycles. The molecule has 2 fully saturated rings. The number of aryl methyl sites for hydroxylation is 1. The molecule has 2 aliphatic heterocycles. The normalized spacial score (nSPS) is 22.8. The number of sulfonamides is 1. The first-order valence-electron chi connectivity index (χ1n) is 7.47. The van der Waals surface area contributed by atoms with E-state index >= 15 is 0 Å². The van der Waals surface area contributed by atoms with Crippen molar-refractivity contribution in [2.24, 2.45) is 0 Å². The number of hydrogen-bond acceptors (Lipinski definition) is 4. The standard InChI is InChI=1S/C15H20FNO4S/c1-12-11-13(3-4-14(12)16)22(18,19)17-7-5-15(6-8-17)20-9-2-10-21-15/h3-4,11H,2,5-10H2,1H3. The van der Waals surface area contributed by atoms with E-state index in [1.165, 1.54) is 22.5 Å². The average Bonchev–Trinajstić information content (AvgIpc) is 2.51. The van der Waals surface area contributed by atoms with Crippen LogP contribution in [0, 0.1) is 12.7 Å². The van der Waals surface area contributed by atoms with E-state index in [1.54, 1.807) is 6.92 Å². The summed E-state index contributed by atoms with van der Waals surface area (Å²) in [5, 5.41) is 0. The molecule has 0 radical (unpaired) electrons. The van der Waals surface area contributed by atoms with Gasteiger partial charge in [0.25, 0.3) is 0 Å². The molecule has 1 spiro atoms. The van der Waals surface area contributed by atoms with Crippen LogP contribution in [0.1, 0.15) is 24.8 Å². The van der Waals surface area contributed by atoms with E-state index in [-0.39, 0.29) is 4.90 Å². The number of hydrogen-bond donors (Lipinski definition) is 0. The van der Waals surface area contributed by atoms with Gasteiger partial charge in [-0.1, -0.05) is 0 Å². The second kappa shape index (κ2) is 5.88. The molecule has 1 aromatic rings. The van der Waals surface area contributed by atoms with Gasteiger partial charge in [0.05, 0.1) is 18.1 Å². The zero-order chi connectivity index (χ0) is 15.8. The Bertz CT molecular complexity index is 646. The fourth-order valence-electron chi connectivity index (χ4n) is 2.90. The van der Waals surface area contributed by atoms with Crippen LogP contribution in [0.5, 0.6) is 0 Å². The summed E-state index contributed by atoms with van der Waals surface area (Å²) in [6.45, 7) is 3.56. The van der Waals surface area contributed by atoms with Crippen LogP contribution >= 0.6 is 0 Å². The van der Waals surface area contributed by atoms with Crippen molar-refractivity contribution >= 4 is 10.0 Å². The molecule has 122 valence electrons. The van der Waals surface area contributed by atoms with Crippen molar-refractivity contribution in [1.29, 1.82) is 0 Å². The van der Waals surface area contributed by atoms with Crippen molar-refractivity contribution in [2.75, 3.05) is 26.3 Å². The molecule has 1 aromatic carbocycles. The van der Waals surface area contributed by atoms with Crippen molar-refractivity contribution in [2.45, 2.75) is 36.9 Å². The van der Waals surface area contributed by atoms with Crippen molar-refractivity contribution in [3.05, 3.63) is 29.6 Å². The molecule has 2 aliphatic rings. The first kappa shape index (κ1) is 15.9. The van der Waals surface area contributed by atoms with E-state index in [0.29, 0.717) is 44.7 Å². The summed E-state index contributed by atoms with van der Waals surface area (Å²) in [5.41, 5.74) is 0.327. The van der Waals surface area contributed by atoms with Gasteiger partial charge in [-0.25, -0.2) is 12.8 Å². The lowest BCUT2D eigenvalue weighted by Gasteiger charge is -2.42. The maximum atomic E-state index is 13.3. The highest BCUT2D eigenvalue weighted by molar-refractivity contribution is 7.89. The summed E-state index contributed by atoms with van der Waals surface area (Å²) in [7, 11) is -3.60. The Morgan fingerprint density at radius 3 is 2.41 bits per heavy atom. The quantitative estimate of drug-likeness (QED) is 0.833. The molecular formula is C15H20FNO4S. The fraction of sp³-hybridized carbons (Fsp3) is 0.600. The Balaban J connectivity index is 1.75. The molecular weight excluding hydrogens is 309 g/mol. The second-order valence-corrected chi connectivity index (χ2v) is 7.71. The lowest BCUT2D eigenvalue weighted by Crippen LogP contribution is -2.51. The van der Waals surface area contributed by atoms with Gasteiger partial charge in [-0.05, 0) is 37.1 Å². The van der Waals surface area contributed by atoms with Crippen LogP contribution in [0.3, 0.4) is 0 Å². The minimum Gasteiger partial charge on any atom is -0.350 e. The molecule has 2 saturated heterocycles. The predicted molar refractivity (Wildman–Crippen MR) is 78.4 cm³/mol. The molecule has 0 unspecified atom stereocenters. The molecule has 2 heterocycles. The minimum atomic E-state index is -3.60. The molecule has 0 atom stereocenters. The SMILES string of the molecule is Cc1cc(S(=O)(=O)N2CCC3(CC2)OCCCO3)ccc1F. The summed E-state index contributed by atoms with van der Waals surface area (Å²) in [5.74, 6) is -1.02. The number of nitrogens with zero attached hydrogens (tertiary/aromatic N) is 1. The molecule has 0 amide bonds. The van der Waals surface area contributed by atoms with Gasteiger partial charge in [0, 0.05) is 25.9 Å². The molecule has 0 saturated carbocycles. The topological polar surface area (TPSA) is 55.8 Å². The molecule has 5 nitrogen and oxygen atoms in total. The van der Waals surface area contributed by atoms with Gasteiger partial charge >= 0.3 is 0 Å². The van der Waals surface area contributed by atoms with Crippen LogP contribution in [0.25, 0.3) is 0 Å². The molecule has 0 aromatic heterocycles. The van der Waals surface area contributed by atoms with Crippen molar-refractivity contribution in [3.8, 4) is 0 Å². The highest BCUT2D eigenvalue weighted by Crippen LogP contribution is 2.33. The highest BCUT2D eigenvalue weighted by Gasteiger charge is 2.41. The van der Waals surface area contributed by atoms with Gasteiger partial charge in [0.15, 0.2) is 5.79 Å². The molecule has 0 N–H and O–H groups in total. The third-order valence-corrected chi connectivity index (χ3v) is 6.16. The molecule has 7 heteroatoms. The Hall–Kier alpha value is -1.02. The van der Waals surface area contributed by atoms with Crippen LogP contribution in [-0.2, 0) is 19.5 Å². The largest absolute Gasteiger partial charge is 0.350 e. The van der Waals surface area contributed by atoms with Crippen LogP contribution < -0.4 is 0 Å². The van der Waals surface area contributed by atoms with E-state index in [1.807, 2.05) is 0 Å². The molecule has 22 heavy (non-hydrogen) atoms. The molecule has 3 rings (SSSR count). The van der Waals surface area contributed by atoms with Gasteiger partial charge in [-0.3, -0.25) is 0 Å². The Morgan fingerprint density at radius 2 is 1.82 bits per heavy atom. The minimum absolute atomic E-state index is 0.132. The first-order chi connectivity index (χ1) is 10.4. The number of piperidine rings is 1. The van der Waals surface area contributed by atoms with Crippen molar-refractivity contribution < 1.29 is 22.3 Å². The Labute approximate surface area is 130 Å². The summed E-state index contributed by atoms with van der Waals surface area (Å²) in [4.78, 5) is 0.132. The average molecular weight is 329 g/mol. The maximum Gasteiger partial charge on any atom is 0.243 e. The number of benzene rings is 1. The Kier molecular flexibility index (Phi) is 4.24. The third kappa shape index (κ3) is 2.90. The third-order valence-electron chi connectivity index (χ3n) is 4.27. The zero-order valence-electron chi connectivity index (χ0n) is 12.5. The van der Waals surface area contributed by atoms with E-state index < -0.39 is 21.6 Å². The Morgan fingerprint density at radius 1 is 1.18 bits per heavy atom. The van der Waals surface area contributed by atoms with E-state index in [9.17, 15) is 12.8 Å². The molecule has 0 bridgehead atoms. The van der Waals surface area contributed by atoms with Crippen LogP contribution in [0.4, 0.5) is 4.39 Å². The van der Waals surface area contributed by atoms with Crippen molar-refractivity contribution in [3.63, 3.8) is 0 Å². The summed E-state index contributed by atoms with van der Waals surface area (Å²) >= 11 is 0. The number of rotatable bonds is 2. The van der Waals surface area contributed by atoms with E-state index in [0.717, 1.165) is 6.42 Å². The summed E-state index contributed by atoms with van der Waals surface area (Å²) < 4.78 is 51.5. The number of ether oxygens (including phenoxy) is 2. The number of halogens is 1. The summed E-state index contributed by atoms with van der Waals surface area (Å²) in [6, 6.07) is 3.89. The second-order valence-electron chi connectivity index (χ2n) is 5.78. The van der Waals surface area contributed by atoms with Gasteiger partial charge in [-0.15, -0.1) is 0 Å². The van der Waals surface area contributed by atoms with Crippen LogP contribution in [0.2, 0.25) is 0 Å². The van der Waals surface area contributed by atoms with Gasteiger partial charge in [-0.2, -0.15) is 4.31 Å². The summed E-state index contributed by atoms with van der Waals surface area (Å²) in [6.07, 6.45) is 1.91. The van der Waals surface area contributed by atoms with Gasteiger partial charge in [0.2, 0.25) is 10.0 Å². The van der Waals surface area contributed by atoms with Crippen LogP contribution in [0.15, 0.2) is 23.1 Å². The highest BCUT2D eigenvalue weighted by atomic mass is 32.2. The monoisotopic (exact) mass is 329 g/mol. The smallest absolute Gasteiger partial charge is 0.243 e.